The van der Waals surface area contributed by atoms with Crippen LogP contribution in [0.25, 0.3) is 0 Å². The van der Waals surface area contributed by atoms with Gasteiger partial charge in [0.2, 0.25) is 0 Å². The van der Waals surface area contributed by atoms with Gasteiger partial charge in [0, 0.05) is 19.3 Å². The minimum atomic E-state index is -0.788. The van der Waals surface area contributed by atoms with Crippen LogP contribution in [0.4, 0.5) is 0 Å². The zero-order chi connectivity index (χ0) is 56.4. The molecule has 78 heavy (non-hydrogen) atoms. The van der Waals surface area contributed by atoms with Crippen LogP contribution in [0.1, 0.15) is 348 Å². The number of unbranched alkanes of at least 4 members (excludes halogenated alkanes) is 39. The number of ether oxygens (including phenoxy) is 3. The number of allylic oxidation sites excluding steroid dienone is 12. The van der Waals surface area contributed by atoms with Crippen molar-refractivity contribution in [1.29, 1.82) is 0 Å². The fourth-order valence-electron chi connectivity index (χ4n) is 9.77. The van der Waals surface area contributed by atoms with Crippen LogP contribution in [0, 0.1) is 0 Å². The van der Waals surface area contributed by atoms with Gasteiger partial charge in [-0.05, 0) is 116 Å². The van der Waals surface area contributed by atoms with Gasteiger partial charge in [0.05, 0.1) is 0 Å². The Balaban J connectivity index is 4.38. The third-order valence-corrected chi connectivity index (χ3v) is 14.9. The lowest BCUT2D eigenvalue weighted by atomic mass is 10.0. The van der Waals surface area contributed by atoms with E-state index in [-0.39, 0.29) is 31.1 Å². The van der Waals surface area contributed by atoms with Crippen LogP contribution < -0.4 is 0 Å². The van der Waals surface area contributed by atoms with E-state index in [0.717, 1.165) is 96.3 Å². The predicted molar refractivity (Wildman–Crippen MR) is 339 cm³/mol. The number of hydrogen-bond donors (Lipinski definition) is 0. The maximum atomic E-state index is 12.9. The van der Waals surface area contributed by atoms with Gasteiger partial charge in [0.15, 0.2) is 6.10 Å². The van der Waals surface area contributed by atoms with Crippen LogP contribution in [0.15, 0.2) is 72.9 Å². The Hall–Kier alpha value is -3.15. The van der Waals surface area contributed by atoms with Crippen LogP contribution in [0.5, 0.6) is 0 Å². The fourth-order valence-corrected chi connectivity index (χ4v) is 9.77. The molecule has 6 heteroatoms. The summed E-state index contributed by atoms with van der Waals surface area (Å²) in [6.07, 6.45) is 86.2. The molecule has 0 amide bonds. The summed E-state index contributed by atoms with van der Waals surface area (Å²) in [7, 11) is 0. The topological polar surface area (TPSA) is 78.9 Å². The molecule has 0 aliphatic carbocycles. The van der Waals surface area contributed by atoms with E-state index in [4.69, 9.17) is 14.2 Å². The van der Waals surface area contributed by atoms with Crippen molar-refractivity contribution in [2.24, 2.45) is 0 Å². The third-order valence-electron chi connectivity index (χ3n) is 14.9. The summed E-state index contributed by atoms with van der Waals surface area (Å²) in [5.41, 5.74) is 0. The van der Waals surface area contributed by atoms with Gasteiger partial charge in [0.25, 0.3) is 0 Å². The molecule has 0 rings (SSSR count). The Bertz CT molecular complexity index is 1440. The molecule has 452 valence electrons. The molecule has 1 atom stereocenters. The summed E-state index contributed by atoms with van der Waals surface area (Å²) in [5, 5.41) is 0. The summed E-state index contributed by atoms with van der Waals surface area (Å²) >= 11 is 0. The maximum absolute atomic E-state index is 12.9. The van der Waals surface area contributed by atoms with Gasteiger partial charge < -0.3 is 14.2 Å². The third kappa shape index (κ3) is 63.7. The molecule has 0 fully saturated rings. The van der Waals surface area contributed by atoms with Crippen LogP contribution in [0.3, 0.4) is 0 Å². The van der Waals surface area contributed by atoms with Gasteiger partial charge in [-0.3, -0.25) is 14.4 Å². The molecule has 6 nitrogen and oxygen atoms in total. The SMILES string of the molecule is CCCCC/C=C\C/C=C\C/C=C\CCCCCCCCC(=O)OC(COC(=O)CCCCCCCCC/C=C\C/C=C\CCCCCC)COC(=O)CCCCCCCCCCCCC/C=C\CCCCCCCCCC. The highest BCUT2D eigenvalue weighted by Gasteiger charge is 2.19. The average molecular weight is 1090 g/mol. The molecule has 0 aromatic rings. The Morgan fingerprint density at radius 3 is 0.769 bits per heavy atom. The summed E-state index contributed by atoms with van der Waals surface area (Å²) in [5.74, 6) is -0.886. The summed E-state index contributed by atoms with van der Waals surface area (Å²) in [4.78, 5) is 38.4. The van der Waals surface area contributed by atoms with Crippen molar-refractivity contribution < 1.29 is 28.6 Å². The van der Waals surface area contributed by atoms with E-state index < -0.39 is 6.10 Å². The first-order valence-electron chi connectivity index (χ1n) is 33.9. The first kappa shape index (κ1) is 74.8. The van der Waals surface area contributed by atoms with Gasteiger partial charge in [-0.1, -0.05) is 286 Å². The number of hydrogen-bond acceptors (Lipinski definition) is 6. The van der Waals surface area contributed by atoms with Crippen molar-refractivity contribution >= 4 is 17.9 Å². The maximum Gasteiger partial charge on any atom is 0.306 e. The second kappa shape index (κ2) is 66.4. The second-order valence-electron chi connectivity index (χ2n) is 22.7. The Kier molecular flexibility index (Phi) is 63.7. The smallest absolute Gasteiger partial charge is 0.306 e. The summed E-state index contributed by atoms with van der Waals surface area (Å²) < 4.78 is 17.0. The molecule has 0 aliphatic rings. The van der Waals surface area contributed by atoms with Crippen molar-refractivity contribution in [3.05, 3.63) is 72.9 Å². The number of rotatable bonds is 62. The van der Waals surface area contributed by atoms with Crippen molar-refractivity contribution in [1.82, 2.24) is 0 Å². The van der Waals surface area contributed by atoms with Crippen LogP contribution >= 0.6 is 0 Å². The molecule has 0 N–H and O–H groups in total. The molecular formula is C72H128O6. The quantitative estimate of drug-likeness (QED) is 0.0261. The molecule has 0 bridgehead atoms. The number of carbonyl (C=O) groups excluding carboxylic acids is 3. The van der Waals surface area contributed by atoms with E-state index in [9.17, 15) is 14.4 Å². The number of esters is 3. The summed E-state index contributed by atoms with van der Waals surface area (Å²) in [6, 6.07) is 0. The highest BCUT2D eigenvalue weighted by Crippen LogP contribution is 2.17. The van der Waals surface area contributed by atoms with E-state index >= 15 is 0 Å². The molecule has 1 unspecified atom stereocenters. The van der Waals surface area contributed by atoms with Gasteiger partial charge in [-0.15, -0.1) is 0 Å². The zero-order valence-electron chi connectivity index (χ0n) is 51.9. The molecule has 0 spiro atoms. The lowest BCUT2D eigenvalue weighted by Crippen LogP contribution is -2.30. The molecule has 0 aromatic carbocycles. The van der Waals surface area contributed by atoms with Crippen molar-refractivity contribution in [3.63, 3.8) is 0 Å². The van der Waals surface area contributed by atoms with Crippen LogP contribution in [-0.2, 0) is 28.6 Å². The van der Waals surface area contributed by atoms with Gasteiger partial charge in [0.1, 0.15) is 13.2 Å². The second-order valence-corrected chi connectivity index (χ2v) is 22.7. The molecule has 0 saturated heterocycles. The van der Waals surface area contributed by atoms with Crippen molar-refractivity contribution in [2.75, 3.05) is 13.2 Å². The fraction of sp³-hybridized carbons (Fsp3) is 0.792. The Morgan fingerprint density at radius 2 is 0.462 bits per heavy atom. The van der Waals surface area contributed by atoms with E-state index in [2.05, 4.69) is 93.7 Å². The molecule has 0 radical (unpaired) electrons. The van der Waals surface area contributed by atoms with Crippen molar-refractivity contribution in [3.8, 4) is 0 Å². The van der Waals surface area contributed by atoms with E-state index in [1.165, 1.54) is 212 Å². The van der Waals surface area contributed by atoms with E-state index in [1.807, 2.05) is 0 Å². The van der Waals surface area contributed by atoms with Gasteiger partial charge in [-0.2, -0.15) is 0 Å². The zero-order valence-corrected chi connectivity index (χ0v) is 51.9. The number of carbonyl (C=O) groups is 3. The first-order valence-corrected chi connectivity index (χ1v) is 33.9. The lowest BCUT2D eigenvalue weighted by Gasteiger charge is -2.18. The molecule has 0 saturated carbocycles. The first-order chi connectivity index (χ1) is 38.5. The largest absolute Gasteiger partial charge is 0.462 e. The van der Waals surface area contributed by atoms with E-state index in [0.29, 0.717) is 19.3 Å². The molecule has 0 aliphatic heterocycles. The summed E-state index contributed by atoms with van der Waals surface area (Å²) in [6.45, 7) is 6.62. The standard InChI is InChI=1S/C72H128O6/c1-4-7-10-13-16-19-22-25-28-31-34-35-36-37-39-41-44-47-50-53-56-59-62-65-71(74)77-68-69(67-76-70(73)64-61-58-55-52-49-46-43-40-33-30-27-24-21-18-15-12-9-6-3)78-72(75)66-63-60-57-54-51-48-45-42-38-32-29-26-23-20-17-14-11-8-5-2/h17,20-21,24,26,29-31,33-34,38,42,69H,4-16,18-19,22-23,25,27-28,32,35-37,39-41,43-68H2,1-3H3/b20-17-,24-21-,29-26-,33-30-,34-31-,42-38-. The lowest BCUT2D eigenvalue weighted by molar-refractivity contribution is -0.167. The Morgan fingerprint density at radius 1 is 0.256 bits per heavy atom. The highest BCUT2D eigenvalue weighted by molar-refractivity contribution is 5.71. The van der Waals surface area contributed by atoms with Crippen LogP contribution in [-0.4, -0.2) is 37.2 Å². The normalized spacial score (nSPS) is 12.5. The monoisotopic (exact) mass is 1090 g/mol. The van der Waals surface area contributed by atoms with Gasteiger partial charge in [-0.25, -0.2) is 0 Å². The van der Waals surface area contributed by atoms with Crippen LogP contribution in [0.2, 0.25) is 0 Å². The predicted octanol–water partition coefficient (Wildman–Crippen LogP) is 23.3. The molecular weight excluding hydrogens is 961 g/mol. The Labute approximate surface area is 484 Å². The minimum absolute atomic E-state index is 0.0821. The van der Waals surface area contributed by atoms with Gasteiger partial charge >= 0.3 is 17.9 Å². The minimum Gasteiger partial charge on any atom is -0.462 e. The van der Waals surface area contributed by atoms with Crippen molar-refractivity contribution in [2.45, 2.75) is 354 Å². The average Bonchev–Trinajstić information content (AvgIpc) is 3.44. The molecule has 0 heterocycles. The molecule has 0 aromatic heterocycles. The van der Waals surface area contributed by atoms with E-state index in [1.54, 1.807) is 0 Å². The highest BCUT2D eigenvalue weighted by atomic mass is 16.6.